The molecule has 0 radical (unpaired) electrons. The molecule has 1 N–H and O–H groups in total. The SMILES string of the molecule is Cc1cc(C(F)(F)F)c(C#N)c(SCC(=O)NCC(C)C)n1. The quantitative estimate of drug-likeness (QED) is 0.842. The second-order valence-electron chi connectivity index (χ2n) is 5.09. The number of pyridine rings is 1. The van der Waals surface area contributed by atoms with Crippen LogP contribution < -0.4 is 5.32 Å². The third kappa shape index (κ3) is 5.22. The third-order valence-corrected chi connectivity index (χ3v) is 3.55. The zero-order chi connectivity index (χ0) is 16.9. The lowest BCUT2D eigenvalue weighted by atomic mass is 10.1. The zero-order valence-corrected chi connectivity index (χ0v) is 13.2. The van der Waals surface area contributed by atoms with Crippen molar-refractivity contribution < 1.29 is 18.0 Å². The molecule has 0 aliphatic carbocycles. The lowest BCUT2D eigenvalue weighted by Gasteiger charge is -2.13. The monoisotopic (exact) mass is 331 g/mol. The smallest absolute Gasteiger partial charge is 0.355 e. The number of nitriles is 1. The first kappa shape index (κ1) is 18.3. The van der Waals surface area contributed by atoms with Crippen molar-refractivity contribution in [3.8, 4) is 6.07 Å². The van der Waals surface area contributed by atoms with E-state index in [1.165, 1.54) is 13.0 Å². The Bertz CT molecular complexity index is 594. The minimum atomic E-state index is -4.63. The van der Waals surface area contributed by atoms with Crippen molar-refractivity contribution in [1.29, 1.82) is 5.26 Å². The average molecular weight is 331 g/mol. The summed E-state index contributed by atoms with van der Waals surface area (Å²) >= 11 is 0.830. The number of aromatic nitrogens is 1. The van der Waals surface area contributed by atoms with Gasteiger partial charge in [0.1, 0.15) is 11.1 Å². The fourth-order valence-corrected chi connectivity index (χ4v) is 2.46. The third-order valence-electron chi connectivity index (χ3n) is 2.58. The van der Waals surface area contributed by atoms with E-state index in [1.54, 1.807) is 0 Å². The number of halogens is 3. The number of alkyl halides is 3. The molecule has 120 valence electrons. The summed E-state index contributed by atoms with van der Waals surface area (Å²) in [6.07, 6.45) is -4.63. The molecule has 1 rings (SSSR count). The molecule has 1 aromatic rings. The first-order valence-electron chi connectivity index (χ1n) is 6.53. The fraction of sp³-hybridized carbons (Fsp3) is 0.500. The van der Waals surface area contributed by atoms with Gasteiger partial charge in [0.2, 0.25) is 5.91 Å². The van der Waals surface area contributed by atoms with E-state index >= 15 is 0 Å². The number of rotatable bonds is 5. The van der Waals surface area contributed by atoms with Gasteiger partial charge in [-0.15, -0.1) is 0 Å². The molecule has 0 spiro atoms. The largest absolute Gasteiger partial charge is 0.417 e. The van der Waals surface area contributed by atoms with Gasteiger partial charge in [-0.05, 0) is 18.9 Å². The van der Waals surface area contributed by atoms with Crippen molar-refractivity contribution in [3.63, 3.8) is 0 Å². The van der Waals surface area contributed by atoms with Gasteiger partial charge in [-0.25, -0.2) is 4.98 Å². The Morgan fingerprint density at radius 1 is 1.50 bits per heavy atom. The zero-order valence-electron chi connectivity index (χ0n) is 12.4. The summed E-state index contributed by atoms with van der Waals surface area (Å²) in [5.74, 6) is -0.119. The van der Waals surface area contributed by atoms with Crippen LogP contribution in [0, 0.1) is 24.2 Å². The molecule has 1 heterocycles. The van der Waals surface area contributed by atoms with Crippen LogP contribution in [0.25, 0.3) is 0 Å². The predicted octanol–water partition coefficient (Wildman–Crippen LogP) is 3.14. The van der Waals surface area contributed by atoms with Crippen molar-refractivity contribution in [2.24, 2.45) is 5.92 Å². The van der Waals surface area contributed by atoms with E-state index in [0.717, 1.165) is 17.8 Å². The average Bonchev–Trinajstić information content (AvgIpc) is 2.41. The van der Waals surface area contributed by atoms with Crippen molar-refractivity contribution in [3.05, 3.63) is 22.9 Å². The van der Waals surface area contributed by atoms with Crippen molar-refractivity contribution in [1.82, 2.24) is 10.3 Å². The Kier molecular flexibility index (Phi) is 6.23. The van der Waals surface area contributed by atoms with E-state index in [0.29, 0.717) is 6.54 Å². The Labute approximate surface area is 131 Å². The molecule has 8 heteroatoms. The second-order valence-corrected chi connectivity index (χ2v) is 6.05. The summed E-state index contributed by atoms with van der Waals surface area (Å²) in [7, 11) is 0. The molecule has 0 aromatic carbocycles. The van der Waals surface area contributed by atoms with E-state index < -0.39 is 17.3 Å². The number of nitrogens with zero attached hydrogens (tertiary/aromatic N) is 2. The topological polar surface area (TPSA) is 65.8 Å². The van der Waals surface area contributed by atoms with Gasteiger partial charge in [-0.1, -0.05) is 25.6 Å². The molecular formula is C14H16F3N3OS. The predicted molar refractivity (Wildman–Crippen MR) is 77.3 cm³/mol. The molecule has 0 saturated heterocycles. The lowest BCUT2D eigenvalue weighted by molar-refractivity contribution is -0.138. The van der Waals surface area contributed by atoms with E-state index in [-0.39, 0.29) is 28.3 Å². The van der Waals surface area contributed by atoms with Crippen LogP contribution in [0.1, 0.15) is 30.7 Å². The Morgan fingerprint density at radius 2 is 2.14 bits per heavy atom. The molecule has 1 aromatic heterocycles. The van der Waals surface area contributed by atoms with E-state index in [4.69, 9.17) is 5.26 Å². The van der Waals surface area contributed by atoms with Gasteiger partial charge in [0.25, 0.3) is 0 Å². The highest BCUT2D eigenvalue weighted by atomic mass is 32.2. The number of nitrogens with one attached hydrogen (secondary N) is 1. The molecule has 1 amide bonds. The van der Waals surface area contributed by atoms with Crippen LogP contribution in [-0.4, -0.2) is 23.2 Å². The summed E-state index contributed by atoms with van der Waals surface area (Å²) in [6.45, 7) is 5.76. The maximum Gasteiger partial charge on any atom is 0.417 e. The summed E-state index contributed by atoms with van der Waals surface area (Å²) in [6, 6.07) is 2.37. The summed E-state index contributed by atoms with van der Waals surface area (Å²) in [5.41, 5.74) is -1.41. The van der Waals surface area contributed by atoms with Crippen LogP contribution in [0.4, 0.5) is 13.2 Å². The Balaban J connectivity index is 2.94. The van der Waals surface area contributed by atoms with Crippen LogP contribution in [-0.2, 0) is 11.0 Å². The van der Waals surface area contributed by atoms with Crippen molar-refractivity contribution in [2.45, 2.75) is 32.0 Å². The standard InChI is InChI=1S/C14H16F3N3OS/c1-8(2)6-19-12(21)7-22-13-10(5-18)11(14(15,16)17)4-9(3)20-13/h4,8H,6-7H2,1-3H3,(H,19,21). The molecule has 0 unspecified atom stereocenters. The number of hydrogen-bond donors (Lipinski definition) is 1. The number of carbonyl (C=O) groups is 1. The van der Waals surface area contributed by atoms with E-state index in [1.807, 2.05) is 13.8 Å². The maximum atomic E-state index is 12.9. The van der Waals surface area contributed by atoms with Crippen LogP contribution in [0.3, 0.4) is 0 Å². The number of aryl methyl sites for hydroxylation is 1. The molecule has 4 nitrogen and oxygen atoms in total. The normalized spacial score (nSPS) is 11.4. The van der Waals surface area contributed by atoms with Gasteiger partial charge in [-0.2, -0.15) is 18.4 Å². The molecular weight excluding hydrogens is 315 g/mol. The van der Waals surface area contributed by atoms with Crippen LogP contribution >= 0.6 is 11.8 Å². The summed E-state index contributed by atoms with van der Waals surface area (Å²) in [5, 5.41) is 11.6. The second kappa shape index (κ2) is 7.49. The highest BCUT2D eigenvalue weighted by molar-refractivity contribution is 8.00. The van der Waals surface area contributed by atoms with Crippen LogP contribution in [0.2, 0.25) is 0 Å². The van der Waals surface area contributed by atoms with Gasteiger partial charge in [0, 0.05) is 12.2 Å². The number of amides is 1. The first-order valence-corrected chi connectivity index (χ1v) is 7.52. The van der Waals surface area contributed by atoms with Crippen molar-refractivity contribution in [2.75, 3.05) is 12.3 Å². The summed E-state index contributed by atoms with van der Waals surface area (Å²) < 4.78 is 38.8. The highest BCUT2D eigenvalue weighted by Crippen LogP contribution is 2.35. The minimum Gasteiger partial charge on any atom is -0.355 e. The van der Waals surface area contributed by atoms with E-state index in [9.17, 15) is 18.0 Å². The number of carbonyl (C=O) groups excluding carboxylic acids is 1. The number of hydrogen-bond acceptors (Lipinski definition) is 4. The number of thioether (sulfide) groups is 1. The molecule has 22 heavy (non-hydrogen) atoms. The minimum absolute atomic E-state index is 0.0745. The first-order chi connectivity index (χ1) is 10.1. The van der Waals surface area contributed by atoms with Gasteiger partial charge >= 0.3 is 6.18 Å². The van der Waals surface area contributed by atoms with Gasteiger partial charge in [0.05, 0.1) is 16.9 Å². The molecule has 0 fully saturated rings. The van der Waals surface area contributed by atoms with Crippen LogP contribution in [0.5, 0.6) is 0 Å². The summed E-state index contributed by atoms with van der Waals surface area (Å²) in [4.78, 5) is 15.6. The van der Waals surface area contributed by atoms with Gasteiger partial charge < -0.3 is 5.32 Å². The lowest BCUT2D eigenvalue weighted by Crippen LogP contribution is -2.28. The van der Waals surface area contributed by atoms with Crippen molar-refractivity contribution >= 4 is 17.7 Å². The van der Waals surface area contributed by atoms with Crippen LogP contribution in [0.15, 0.2) is 11.1 Å². The molecule has 0 bridgehead atoms. The fourth-order valence-electron chi connectivity index (χ4n) is 1.58. The Morgan fingerprint density at radius 3 is 2.64 bits per heavy atom. The Hall–Kier alpha value is -1.75. The molecule has 0 aliphatic heterocycles. The highest BCUT2D eigenvalue weighted by Gasteiger charge is 2.35. The molecule has 0 atom stereocenters. The molecule has 0 saturated carbocycles. The van der Waals surface area contributed by atoms with Gasteiger partial charge in [-0.3, -0.25) is 4.79 Å². The molecule has 0 aliphatic rings. The van der Waals surface area contributed by atoms with Gasteiger partial charge in [0.15, 0.2) is 0 Å². The van der Waals surface area contributed by atoms with E-state index in [2.05, 4.69) is 10.3 Å². The maximum absolute atomic E-state index is 12.9.